The van der Waals surface area contributed by atoms with E-state index in [2.05, 4.69) is 32.4 Å². The molecule has 1 amide bonds. The zero-order valence-electron chi connectivity index (χ0n) is 19.7. The molecule has 4 aromatic rings. The first-order valence-corrected chi connectivity index (χ1v) is 11.9. The lowest BCUT2D eigenvalue weighted by atomic mass is 10.0. The number of nitrogens with zero attached hydrogens (tertiary/aromatic N) is 4. The summed E-state index contributed by atoms with van der Waals surface area (Å²) in [6, 6.07) is 20.2. The Morgan fingerprint density at radius 2 is 1.77 bits per heavy atom. The van der Waals surface area contributed by atoms with Crippen LogP contribution in [0.5, 0.6) is 0 Å². The van der Waals surface area contributed by atoms with Crippen molar-refractivity contribution in [3.63, 3.8) is 0 Å². The molecule has 1 aliphatic heterocycles. The Morgan fingerprint density at radius 3 is 2.49 bits per heavy atom. The smallest absolute Gasteiger partial charge is 0.253 e. The standard InChI is InChI=1S/C28H28FN5O/c1-33-27(20-6-3-2-4-7-20)23(18-31-33)19-34-14-12-25(13-15-34)32-28(35)22-10-11-26(30-17-22)21-8-5-9-24(29)16-21/h2-11,16-18,25H,12-15,19H2,1H3,(H,32,35). The van der Waals surface area contributed by atoms with Crippen LogP contribution in [0.15, 0.2) is 79.1 Å². The van der Waals surface area contributed by atoms with Gasteiger partial charge in [0, 0.05) is 55.6 Å². The van der Waals surface area contributed by atoms with Crippen molar-refractivity contribution < 1.29 is 9.18 Å². The van der Waals surface area contributed by atoms with Crippen LogP contribution in [0, 0.1) is 5.82 Å². The average Bonchev–Trinajstić information content (AvgIpc) is 3.25. The number of aromatic nitrogens is 3. The molecule has 0 atom stereocenters. The lowest BCUT2D eigenvalue weighted by molar-refractivity contribution is 0.0908. The third-order valence-electron chi connectivity index (χ3n) is 6.52. The molecule has 7 heteroatoms. The number of pyridine rings is 1. The average molecular weight is 470 g/mol. The van der Waals surface area contributed by atoms with Crippen molar-refractivity contribution in [1.29, 1.82) is 0 Å². The number of piperidine rings is 1. The Balaban J connectivity index is 1.16. The van der Waals surface area contributed by atoms with Crippen molar-refractivity contribution in [3.8, 4) is 22.5 Å². The van der Waals surface area contributed by atoms with E-state index in [0.29, 0.717) is 16.8 Å². The summed E-state index contributed by atoms with van der Waals surface area (Å²) in [5.41, 5.74) is 5.37. The highest BCUT2D eigenvalue weighted by atomic mass is 19.1. The second-order valence-electron chi connectivity index (χ2n) is 8.97. The van der Waals surface area contributed by atoms with Gasteiger partial charge in [-0.15, -0.1) is 0 Å². The van der Waals surface area contributed by atoms with Gasteiger partial charge < -0.3 is 5.32 Å². The van der Waals surface area contributed by atoms with Crippen molar-refractivity contribution in [2.45, 2.75) is 25.4 Å². The molecular weight excluding hydrogens is 441 g/mol. The molecule has 1 aliphatic rings. The lowest BCUT2D eigenvalue weighted by Crippen LogP contribution is -2.44. The summed E-state index contributed by atoms with van der Waals surface area (Å²) in [6.07, 6.45) is 5.29. The highest BCUT2D eigenvalue weighted by Gasteiger charge is 2.23. The number of carbonyl (C=O) groups is 1. The maximum Gasteiger partial charge on any atom is 0.253 e. The van der Waals surface area contributed by atoms with Crippen LogP contribution in [0.1, 0.15) is 28.8 Å². The van der Waals surface area contributed by atoms with E-state index >= 15 is 0 Å². The van der Waals surface area contributed by atoms with Crippen molar-refractivity contribution in [2.75, 3.05) is 13.1 Å². The fourth-order valence-electron chi connectivity index (χ4n) is 4.66. The Labute approximate surface area is 204 Å². The second-order valence-corrected chi connectivity index (χ2v) is 8.97. The topological polar surface area (TPSA) is 63.1 Å². The first kappa shape index (κ1) is 22.9. The maximum absolute atomic E-state index is 13.5. The van der Waals surface area contributed by atoms with Crippen LogP contribution in [0.3, 0.4) is 0 Å². The summed E-state index contributed by atoms with van der Waals surface area (Å²) in [7, 11) is 1.98. The van der Waals surface area contributed by atoms with Gasteiger partial charge in [0.2, 0.25) is 0 Å². The maximum atomic E-state index is 13.5. The lowest BCUT2D eigenvalue weighted by Gasteiger charge is -2.32. The van der Waals surface area contributed by atoms with E-state index < -0.39 is 0 Å². The molecule has 0 aliphatic carbocycles. The number of amides is 1. The SMILES string of the molecule is Cn1ncc(CN2CCC(NC(=O)c3ccc(-c4cccc(F)c4)nc3)CC2)c1-c1ccccc1. The molecule has 5 rings (SSSR count). The van der Waals surface area contributed by atoms with E-state index in [9.17, 15) is 9.18 Å². The van der Waals surface area contributed by atoms with Gasteiger partial charge in [0.15, 0.2) is 0 Å². The van der Waals surface area contributed by atoms with E-state index in [4.69, 9.17) is 0 Å². The highest BCUT2D eigenvalue weighted by molar-refractivity contribution is 5.94. The van der Waals surface area contributed by atoms with Gasteiger partial charge in [-0.3, -0.25) is 19.4 Å². The molecule has 178 valence electrons. The predicted octanol–water partition coefficient (Wildman–Crippen LogP) is 4.68. The Bertz CT molecular complexity index is 1290. The minimum Gasteiger partial charge on any atom is -0.349 e. The van der Waals surface area contributed by atoms with Crippen molar-refractivity contribution in [1.82, 2.24) is 25.0 Å². The number of likely N-dealkylation sites (tertiary alicyclic amines) is 1. The van der Waals surface area contributed by atoms with Gasteiger partial charge in [-0.05, 0) is 37.1 Å². The van der Waals surface area contributed by atoms with Crippen molar-refractivity contribution in [3.05, 3.63) is 96.1 Å². The molecule has 0 saturated carbocycles. The molecule has 0 unspecified atom stereocenters. The molecule has 2 aromatic heterocycles. The first-order valence-electron chi connectivity index (χ1n) is 11.9. The predicted molar refractivity (Wildman–Crippen MR) is 134 cm³/mol. The number of nitrogens with one attached hydrogen (secondary N) is 1. The fraction of sp³-hybridized carbons (Fsp3) is 0.250. The quantitative estimate of drug-likeness (QED) is 0.445. The molecule has 6 nitrogen and oxygen atoms in total. The molecular formula is C28H28FN5O. The number of hydrogen-bond acceptors (Lipinski definition) is 4. The Morgan fingerprint density at radius 1 is 1.00 bits per heavy atom. The number of benzene rings is 2. The van der Waals surface area contributed by atoms with Crippen LogP contribution in [-0.2, 0) is 13.6 Å². The summed E-state index contributed by atoms with van der Waals surface area (Å²) in [6.45, 7) is 2.65. The van der Waals surface area contributed by atoms with Gasteiger partial charge in [-0.2, -0.15) is 5.10 Å². The second kappa shape index (κ2) is 10.2. The molecule has 2 aromatic carbocycles. The van der Waals surface area contributed by atoms with Crippen LogP contribution in [0.4, 0.5) is 4.39 Å². The number of halogens is 1. The van der Waals surface area contributed by atoms with Gasteiger partial charge >= 0.3 is 0 Å². The van der Waals surface area contributed by atoms with Crippen LogP contribution >= 0.6 is 0 Å². The normalized spacial score (nSPS) is 14.7. The number of hydrogen-bond donors (Lipinski definition) is 1. The summed E-state index contributed by atoms with van der Waals surface area (Å²) in [5, 5.41) is 7.63. The molecule has 35 heavy (non-hydrogen) atoms. The van der Waals surface area contributed by atoms with E-state index in [-0.39, 0.29) is 17.8 Å². The minimum absolute atomic E-state index is 0.125. The number of rotatable bonds is 6. The molecule has 0 bridgehead atoms. The number of carbonyl (C=O) groups excluding carboxylic acids is 1. The summed E-state index contributed by atoms with van der Waals surface area (Å²) in [4.78, 5) is 19.5. The summed E-state index contributed by atoms with van der Waals surface area (Å²) in [5.74, 6) is -0.433. The molecule has 3 heterocycles. The van der Waals surface area contributed by atoms with Crippen LogP contribution in [0.2, 0.25) is 0 Å². The van der Waals surface area contributed by atoms with Crippen molar-refractivity contribution >= 4 is 5.91 Å². The first-order chi connectivity index (χ1) is 17.1. The van der Waals surface area contributed by atoms with E-state index in [1.807, 2.05) is 36.1 Å². The zero-order chi connectivity index (χ0) is 24.2. The third-order valence-corrected chi connectivity index (χ3v) is 6.52. The minimum atomic E-state index is -0.308. The van der Waals surface area contributed by atoms with Crippen molar-refractivity contribution in [2.24, 2.45) is 7.05 Å². The number of aryl methyl sites for hydroxylation is 1. The fourth-order valence-corrected chi connectivity index (χ4v) is 4.66. The van der Waals surface area contributed by atoms with E-state index in [1.165, 1.54) is 23.3 Å². The van der Waals surface area contributed by atoms with Crippen LogP contribution < -0.4 is 5.32 Å². The molecule has 0 radical (unpaired) electrons. The van der Waals surface area contributed by atoms with Gasteiger partial charge in [0.1, 0.15) is 5.82 Å². The van der Waals surface area contributed by atoms with Gasteiger partial charge in [-0.25, -0.2) is 4.39 Å². The Kier molecular flexibility index (Phi) is 6.68. The molecule has 1 saturated heterocycles. The van der Waals surface area contributed by atoms with Gasteiger partial charge in [0.25, 0.3) is 5.91 Å². The monoisotopic (exact) mass is 469 g/mol. The van der Waals surface area contributed by atoms with E-state index in [0.717, 1.165) is 38.2 Å². The highest BCUT2D eigenvalue weighted by Crippen LogP contribution is 2.25. The van der Waals surface area contributed by atoms with Crippen LogP contribution in [0.25, 0.3) is 22.5 Å². The molecule has 0 spiro atoms. The molecule has 1 fully saturated rings. The van der Waals surface area contributed by atoms with Gasteiger partial charge in [-0.1, -0.05) is 42.5 Å². The summed E-state index contributed by atoms with van der Waals surface area (Å²) >= 11 is 0. The summed E-state index contributed by atoms with van der Waals surface area (Å²) < 4.78 is 15.4. The largest absolute Gasteiger partial charge is 0.349 e. The van der Waals surface area contributed by atoms with Gasteiger partial charge in [0.05, 0.1) is 23.1 Å². The van der Waals surface area contributed by atoms with E-state index in [1.54, 1.807) is 30.5 Å². The Hall–Kier alpha value is -3.84. The third kappa shape index (κ3) is 5.30. The zero-order valence-corrected chi connectivity index (χ0v) is 19.7. The van der Waals surface area contributed by atoms with Crippen LogP contribution in [-0.4, -0.2) is 44.7 Å². The molecule has 1 N–H and O–H groups in total.